The fourth-order valence-electron chi connectivity index (χ4n) is 0.938. The summed E-state index contributed by atoms with van der Waals surface area (Å²) in [5, 5.41) is 9.97. The second-order valence-electron chi connectivity index (χ2n) is 3.39. The molecule has 0 aromatic carbocycles. The minimum Gasteiger partial charge on any atom is -0.479 e. The third-order valence-corrected chi connectivity index (χ3v) is 2.14. The third-order valence-electron chi connectivity index (χ3n) is 2.14. The number of aliphatic carboxylic acids is 1. The smallest absolute Gasteiger partial charge is 0.422 e. The van der Waals surface area contributed by atoms with Gasteiger partial charge in [0.15, 0.2) is 0 Å². The van der Waals surface area contributed by atoms with Crippen LogP contribution in [0.5, 0.6) is 0 Å². The number of rotatable bonds is 3. The molecule has 1 heterocycles. The van der Waals surface area contributed by atoms with Crippen LogP contribution < -0.4 is 5.32 Å². The first-order valence-corrected chi connectivity index (χ1v) is 4.33. The van der Waals surface area contributed by atoms with E-state index in [1.807, 2.05) is 0 Å². The van der Waals surface area contributed by atoms with Crippen molar-refractivity contribution in [2.24, 2.45) is 0 Å². The lowest BCUT2D eigenvalue weighted by molar-refractivity contribution is -0.203. The Kier molecular flexibility index (Phi) is 3.16. The first kappa shape index (κ1) is 13.1. The predicted octanol–water partition coefficient (Wildman–Crippen LogP) is 1.42. The second-order valence-corrected chi connectivity index (χ2v) is 3.39. The van der Waals surface area contributed by atoms with Crippen molar-refractivity contribution >= 4 is 11.9 Å². The highest BCUT2D eigenvalue weighted by atomic mass is 19.4. The number of alkyl halides is 3. The van der Waals surface area contributed by atoms with Gasteiger partial charge in [-0.25, -0.2) is 4.79 Å². The van der Waals surface area contributed by atoms with E-state index in [1.165, 1.54) is 5.32 Å². The number of carbonyl (C=O) groups is 2. The molecule has 0 bridgehead atoms. The fourth-order valence-corrected chi connectivity index (χ4v) is 0.938. The summed E-state index contributed by atoms with van der Waals surface area (Å²) in [7, 11) is 0. The maximum atomic E-state index is 12.5. The van der Waals surface area contributed by atoms with E-state index in [1.54, 1.807) is 0 Å². The van der Waals surface area contributed by atoms with Gasteiger partial charge in [0.25, 0.3) is 5.91 Å². The number of hydrogen-bond acceptors (Lipinski definition) is 3. The van der Waals surface area contributed by atoms with E-state index in [-0.39, 0.29) is 5.56 Å². The van der Waals surface area contributed by atoms with E-state index < -0.39 is 23.6 Å². The zero-order valence-corrected chi connectivity index (χ0v) is 8.54. The van der Waals surface area contributed by atoms with Crippen molar-refractivity contribution in [3.63, 3.8) is 0 Å². The summed E-state index contributed by atoms with van der Waals surface area (Å²) in [6.07, 6.45) is -3.12. The van der Waals surface area contributed by atoms with Crippen molar-refractivity contribution in [3.8, 4) is 0 Å². The molecule has 0 radical (unpaired) electrons. The number of furan rings is 1. The Morgan fingerprint density at radius 2 is 2.00 bits per heavy atom. The Balaban J connectivity index is 2.97. The summed E-state index contributed by atoms with van der Waals surface area (Å²) in [5.41, 5.74) is -3.54. The van der Waals surface area contributed by atoms with Gasteiger partial charge in [-0.3, -0.25) is 4.79 Å². The van der Waals surface area contributed by atoms with Crippen LogP contribution in [0.4, 0.5) is 13.2 Å². The van der Waals surface area contributed by atoms with Crippen LogP contribution in [0.3, 0.4) is 0 Å². The normalized spacial score (nSPS) is 15.1. The number of halogens is 3. The average molecular weight is 251 g/mol. The van der Waals surface area contributed by atoms with Gasteiger partial charge in [-0.1, -0.05) is 0 Å². The van der Waals surface area contributed by atoms with Crippen molar-refractivity contribution in [2.75, 3.05) is 0 Å². The molecular weight excluding hydrogens is 243 g/mol. The maximum absolute atomic E-state index is 12.5. The molecule has 0 fully saturated rings. The molecule has 1 rings (SSSR count). The summed E-state index contributed by atoms with van der Waals surface area (Å²) in [5.74, 6) is -3.37. The summed E-state index contributed by atoms with van der Waals surface area (Å²) < 4.78 is 42.1. The minimum atomic E-state index is -5.11. The Morgan fingerprint density at radius 3 is 2.35 bits per heavy atom. The number of hydrogen-bond donors (Lipinski definition) is 2. The summed E-state index contributed by atoms with van der Waals surface area (Å²) in [4.78, 5) is 22.0. The molecule has 8 heteroatoms. The van der Waals surface area contributed by atoms with Gasteiger partial charge < -0.3 is 14.8 Å². The van der Waals surface area contributed by atoms with Gasteiger partial charge in [0, 0.05) is 0 Å². The summed E-state index contributed by atoms with van der Waals surface area (Å²) in [6, 6.07) is 1.12. The topological polar surface area (TPSA) is 79.5 Å². The van der Waals surface area contributed by atoms with E-state index in [0.29, 0.717) is 6.92 Å². The van der Waals surface area contributed by atoms with Gasteiger partial charge in [0.1, 0.15) is 6.26 Å². The van der Waals surface area contributed by atoms with Crippen LogP contribution in [0.2, 0.25) is 0 Å². The molecule has 0 aliphatic rings. The van der Waals surface area contributed by atoms with Gasteiger partial charge in [0.05, 0.1) is 11.8 Å². The lowest BCUT2D eigenvalue weighted by atomic mass is 10.0. The van der Waals surface area contributed by atoms with Gasteiger partial charge in [-0.05, 0) is 13.0 Å². The lowest BCUT2D eigenvalue weighted by Crippen LogP contribution is -2.61. The average Bonchev–Trinajstić information content (AvgIpc) is 2.67. The number of amides is 1. The lowest BCUT2D eigenvalue weighted by Gasteiger charge is -2.28. The highest BCUT2D eigenvalue weighted by Crippen LogP contribution is 2.30. The molecule has 2 N–H and O–H groups in total. The highest BCUT2D eigenvalue weighted by molar-refractivity contribution is 5.97. The van der Waals surface area contributed by atoms with E-state index in [0.717, 1.165) is 18.6 Å². The van der Waals surface area contributed by atoms with Gasteiger partial charge >= 0.3 is 12.1 Å². The monoisotopic (exact) mass is 251 g/mol. The summed E-state index contributed by atoms with van der Waals surface area (Å²) >= 11 is 0. The number of carboxylic acid groups (broad SMARTS) is 1. The number of carboxylic acids is 1. The standard InChI is InChI=1S/C9H8F3NO4/c1-8(7(15)16,9(10,11)12)13-6(14)5-2-3-17-4-5/h2-4H,1H3,(H,13,14)(H,15,16). The van der Waals surface area contributed by atoms with Crippen LogP contribution in [-0.2, 0) is 4.79 Å². The number of nitrogens with one attached hydrogen (secondary N) is 1. The zero-order valence-electron chi connectivity index (χ0n) is 8.54. The summed E-state index contributed by atoms with van der Waals surface area (Å²) in [6.45, 7) is 0.368. The van der Waals surface area contributed by atoms with Crippen LogP contribution in [-0.4, -0.2) is 28.7 Å². The van der Waals surface area contributed by atoms with Crippen molar-refractivity contribution in [1.82, 2.24) is 5.32 Å². The molecule has 0 saturated carbocycles. The van der Waals surface area contributed by atoms with E-state index in [4.69, 9.17) is 5.11 Å². The van der Waals surface area contributed by atoms with Crippen molar-refractivity contribution < 1.29 is 32.3 Å². The SMILES string of the molecule is CC(NC(=O)c1ccoc1)(C(=O)O)C(F)(F)F. The molecule has 0 spiro atoms. The molecule has 1 amide bonds. The van der Waals surface area contributed by atoms with Crippen LogP contribution in [0, 0.1) is 0 Å². The Labute approximate surface area is 93.2 Å². The van der Waals surface area contributed by atoms with Crippen LogP contribution in [0.15, 0.2) is 23.0 Å². The van der Waals surface area contributed by atoms with Crippen molar-refractivity contribution in [1.29, 1.82) is 0 Å². The van der Waals surface area contributed by atoms with Crippen LogP contribution in [0.25, 0.3) is 0 Å². The van der Waals surface area contributed by atoms with Gasteiger partial charge in [-0.15, -0.1) is 0 Å². The molecule has 0 aliphatic heterocycles. The van der Waals surface area contributed by atoms with Crippen molar-refractivity contribution in [2.45, 2.75) is 18.6 Å². The van der Waals surface area contributed by atoms with Crippen LogP contribution >= 0.6 is 0 Å². The molecule has 17 heavy (non-hydrogen) atoms. The van der Waals surface area contributed by atoms with Crippen LogP contribution in [0.1, 0.15) is 17.3 Å². The van der Waals surface area contributed by atoms with Crippen molar-refractivity contribution in [3.05, 3.63) is 24.2 Å². The quantitative estimate of drug-likeness (QED) is 0.851. The minimum absolute atomic E-state index is 0.193. The predicted molar refractivity (Wildman–Crippen MR) is 48.3 cm³/mol. The molecule has 0 aliphatic carbocycles. The van der Waals surface area contributed by atoms with E-state index >= 15 is 0 Å². The molecule has 1 aromatic heterocycles. The molecule has 0 saturated heterocycles. The zero-order chi connectivity index (χ0) is 13.3. The van der Waals surface area contributed by atoms with Gasteiger partial charge in [0.2, 0.25) is 5.54 Å². The molecule has 1 aromatic rings. The second kappa shape index (κ2) is 4.11. The Hall–Kier alpha value is -1.99. The largest absolute Gasteiger partial charge is 0.479 e. The Morgan fingerprint density at radius 1 is 1.41 bits per heavy atom. The first-order chi connectivity index (χ1) is 7.68. The van der Waals surface area contributed by atoms with Gasteiger partial charge in [-0.2, -0.15) is 13.2 Å². The molecule has 94 valence electrons. The molecule has 5 nitrogen and oxygen atoms in total. The molecular formula is C9H8F3NO4. The van der Waals surface area contributed by atoms with E-state index in [2.05, 4.69) is 4.42 Å². The molecule has 1 atom stereocenters. The number of carbonyl (C=O) groups excluding carboxylic acids is 1. The maximum Gasteiger partial charge on any atom is 0.422 e. The highest BCUT2D eigenvalue weighted by Gasteiger charge is 2.58. The Bertz CT molecular complexity index is 426. The third kappa shape index (κ3) is 2.40. The molecule has 1 unspecified atom stereocenters. The fraction of sp³-hybridized carbons (Fsp3) is 0.333. The van der Waals surface area contributed by atoms with E-state index in [9.17, 15) is 22.8 Å². The first-order valence-electron chi connectivity index (χ1n) is 4.33.